The van der Waals surface area contributed by atoms with Crippen molar-refractivity contribution in [1.29, 1.82) is 0 Å². The van der Waals surface area contributed by atoms with Crippen LogP contribution in [-0.4, -0.2) is 29.9 Å². The Morgan fingerprint density at radius 2 is 1.62 bits per heavy atom. The van der Waals surface area contributed by atoms with Crippen LogP contribution in [0.3, 0.4) is 0 Å². The molecule has 0 unspecified atom stereocenters. The van der Waals surface area contributed by atoms with E-state index in [1.165, 1.54) is 4.90 Å². The number of carbonyl (C=O) groups excluding carboxylic acids is 2. The molecule has 3 rings (SSSR count). The predicted molar refractivity (Wildman–Crippen MR) is 136 cm³/mol. The molecule has 178 valence electrons. The lowest BCUT2D eigenvalue weighted by atomic mass is 10.0. The second-order valence-electron chi connectivity index (χ2n) is 7.83. The van der Waals surface area contributed by atoms with Gasteiger partial charge in [-0.15, -0.1) is 0 Å². The van der Waals surface area contributed by atoms with Crippen molar-refractivity contribution in [2.75, 3.05) is 13.2 Å². The molecule has 0 aliphatic carbocycles. The summed E-state index contributed by atoms with van der Waals surface area (Å²) in [6.07, 6.45) is 1.81. The van der Waals surface area contributed by atoms with Crippen LogP contribution in [0.2, 0.25) is 10.0 Å². The predicted octanol–water partition coefficient (Wildman–Crippen LogP) is 6.06. The van der Waals surface area contributed by atoms with E-state index in [9.17, 15) is 9.59 Å². The van der Waals surface area contributed by atoms with Crippen LogP contribution >= 0.6 is 23.2 Å². The lowest BCUT2D eigenvalue weighted by molar-refractivity contribution is -0.143. The number of nitrogens with one attached hydrogen (secondary N) is 1. The topological polar surface area (TPSA) is 58.6 Å². The Morgan fingerprint density at radius 1 is 0.941 bits per heavy atom. The first-order chi connectivity index (χ1) is 16.5. The Kier molecular flexibility index (Phi) is 9.80. The number of hydrogen-bond donors (Lipinski definition) is 1. The van der Waals surface area contributed by atoms with Crippen LogP contribution in [-0.2, 0) is 16.1 Å². The molecule has 7 heteroatoms. The third-order valence-corrected chi connectivity index (χ3v) is 5.84. The maximum Gasteiger partial charge on any atom is 0.261 e. The molecule has 3 aromatic carbocycles. The highest BCUT2D eigenvalue weighted by atomic mass is 35.5. The minimum Gasteiger partial charge on any atom is -0.482 e. The van der Waals surface area contributed by atoms with Crippen molar-refractivity contribution >= 4 is 35.0 Å². The van der Waals surface area contributed by atoms with Crippen LogP contribution < -0.4 is 10.1 Å². The molecule has 1 N–H and O–H groups in total. The van der Waals surface area contributed by atoms with Crippen LogP contribution in [0.5, 0.6) is 5.75 Å². The zero-order chi connectivity index (χ0) is 24.3. The van der Waals surface area contributed by atoms with Crippen LogP contribution in [0.15, 0.2) is 78.9 Å². The number of amides is 2. The van der Waals surface area contributed by atoms with E-state index in [0.717, 1.165) is 24.0 Å². The lowest BCUT2D eigenvalue weighted by Crippen LogP contribution is -2.45. The van der Waals surface area contributed by atoms with E-state index in [2.05, 4.69) is 12.2 Å². The van der Waals surface area contributed by atoms with E-state index < -0.39 is 6.04 Å². The molecule has 0 spiro atoms. The number of hydrogen-bond acceptors (Lipinski definition) is 3. The van der Waals surface area contributed by atoms with Crippen molar-refractivity contribution in [3.8, 4) is 5.75 Å². The van der Waals surface area contributed by atoms with Gasteiger partial charge in [-0.05, 0) is 41.8 Å². The van der Waals surface area contributed by atoms with Gasteiger partial charge in [0.2, 0.25) is 5.91 Å². The highest BCUT2D eigenvalue weighted by Crippen LogP contribution is 2.26. The average molecular weight is 499 g/mol. The molecule has 0 aliphatic heterocycles. The second kappa shape index (κ2) is 13.0. The quantitative estimate of drug-likeness (QED) is 0.327. The largest absolute Gasteiger partial charge is 0.482 e. The molecule has 3 aromatic rings. The summed E-state index contributed by atoms with van der Waals surface area (Å²) < 4.78 is 5.72. The van der Waals surface area contributed by atoms with Gasteiger partial charge in [-0.1, -0.05) is 91.1 Å². The summed E-state index contributed by atoms with van der Waals surface area (Å²) >= 11 is 12.2. The third kappa shape index (κ3) is 7.24. The molecule has 0 fully saturated rings. The first-order valence-corrected chi connectivity index (χ1v) is 12.0. The SMILES string of the molecule is CCCCNC(=O)[C@H](c1ccccc1)N(Cc1ccc(Cl)cc1)C(=O)COc1ccccc1Cl. The normalized spacial score (nSPS) is 11.5. The Balaban J connectivity index is 1.91. The highest BCUT2D eigenvalue weighted by Gasteiger charge is 2.31. The van der Waals surface area contributed by atoms with Gasteiger partial charge in [-0.2, -0.15) is 0 Å². The van der Waals surface area contributed by atoms with Crippen molar-refractivity contribution in [1.82, 2.24) is 10.2 Å². The molecule has 5 nitrogen and oxygen atoms in total. The standard InChI is InChI=1S/C27H28Cl2N2O3/c1-2-3-17-30-27(33)26(21-9-5-4-6-10-21)31(18-20-13-15-22(28)16-14-20)25(32)19-34-24-12-8-7-11-23(24)29/h4-16,26H,2-3,17-19H2,1H3,(H,30,33)/t26-/m0/s1. The monoisotopic (exact) mass is 498 g/mol. The zero-order valence-corrected chi connectivity index (χ0v) is 20.6. The maximum atomic E-state index is 13.5. The van der Waals surface area contributed by atoms with E-state index in [0.29, 0.717) is 22.3 Å². The number of para-hydroxylation sites is 1. The van der Waals surface area contributed by atoms with Gasteiger partial charge in [0, 0.05) is 18.1 Å². The van der Waals surface area contributed by atoms with Crippen molar-refractivity contribution in [3.63, 3.8) is 0 Å². The van der Waals surface area contributed by atoms with Gasteiger partial charge in [0.15, 0.2) is 6.61 Å². The number of unbranched alkanes of at least 4 members (excludes halogenated alkanes) is 1. The molecule has 0 saturated carbocycles. The fourth-order valence-corrected chi connectivity index (χ4v) is 3.80. The Labute approximate surface area is 210 Å². The van der Waals surface area contributed by atoms with Crippen LogP contribution in [0, 0.1) is 0 Å². The van der Waals surface area contributed by atoms with Gasteiger partial charge in [-0.25, -0.2) is 0 Å². The van der Waals surface area contributed by atoms with Gasteiger partial charge < -0.3 is 15.0 Å². The smallest absolute Gasteiger partial charge is 0.261 e. The Bertz CT molecular complexity index is 1070. The minimum atomic E-state index is -0.823. The van der Waals surface area contributed by atoms with Gasteiger partial charge >= 0.3 is 0 Å². The van der Waals surface area contributed by atoms with E-state index in [1.807, 2.05) is 42.5 Å². The van der Waals surface area contributed by atoms with Crippen molar-refractivity contribution in [2.45, 2.75) is 32.4 Å². The van der Waals surface area contributed by atoms with Crippen LogP contribution in [0.4, 0.5) is 0 Å². The molecule has 0 radical (unpaired) electrons. The van der Waals surface area contributed by atoms with E-state index in [1.54, 1.807) is 36.4 Å². The first-order valence-electron chi connectivity index (χ1n) is 11.2. The Hall–Kier alpha value is -3.02. The van der Waals surface area contributed by atoms with E-state index in [-0.39, 0.29) is 25.0 Å². The first kappa shape index (κ1) is 25.6. The molecule has 0 aromatic heterocycles. The van der Waals surface area contributed by atoms with Gasteiger partial charge in [0.1, 0.15) is 11.8 Å². The summed E-state index contributed by atoms with van der Waals surface area (Å²) in [5.74, 6) is -0.165. The summed E-state index contributed by atoms with van der Waals surface area (Å²) in [4.78, 5) is 28.4. The highest BCUT2D eigenvalue weighted by molar-refractivity contribution is 6.32. The minimum absolute atomic E-state index is 0.211. The molecule has 34 heavy (non-hydrogen) atoms. The molecule has 0 saturated heterocycles. The fourth-order valence-electron chi connectivity index (χ4n) is 3.49. The van der Waals surface area contributed by atoms with Crippen molar-refractivity contribution in [2.24, 2.45) is 0 Å². The van der Waals surface area contributed by atoms with Crippen molar-refractivity contribution < 1.29 is 14.3 Å². The average Bonchev–Trinajstić information content (AvgIpc) is 2.85. The molecular formula is C27H28Cl2N2O3. The van der Waals surface area contributed by atoms with Gasteiger partial charge in [0.25, 0.3) is 5.91 Å². The third-order valence-electron chi connectivity index (χ3n) is 5.28. The fraction of sp³-hybridized carbons (Fsp3) is 0.259. The summed E-state index contributed by atoms with van der Waals surface area (Å²) in [5, 5.41) is 3.99. The maximum absolute atomic E-state index is 13.5. The number of benzene rings is 3. The lowest BCUT2D eigenvalue weighted by Gasteiger charge is -2.31. The van der Waals surface area contributed by atoms with Gasteiger partial charge in [0.05, 0.1) is 5.02 Å². The van der Waals surface area contributed by atoms with Crippen LogP contribution in [0.25, 0.3) is 0 Å². The van der Waals surface area contributed by atoms with Gasteiger partial charge in [-0.3, -0.25) is 9.59 Å². The summed E-state index contributed by atoms with van der Waals surface area (Å²) in [6, 6.07) is 22.6. The number of carbonyl (C=O) groups is 2. The second-order valence-corrected chi connectivity index (χ2v) is 8.67. The summed E-state index contributed by atoms with van der Waals surface area (Å²) in [5.41, 5.74) is 1.56. The zero-order valence-electron chi connectivity index (χ0n) is 19.0. The molecular weight excluding hydrogens is 471 g/mol. The number of nitrogens with zero attached hydrogens (tertiary/aromatic N) is 1. The number of ether oxygens (including phenoxy) is 1. The number of halogens is 2. The molecule has 0 aliphatic rings. The van der Waals surface area contributed by atoms with Crippen molar-refractivity contribution in [3.05, 3.63) is 100 Å². The summed E-state index contributed by atoms with van der Waals surface area (Å²) in [6.45, 7) is 2.55. The summed E-state index contributed by atoms with van der Waals surface area (Å²) in [7, 11) is 0. The molecule has 0 heterocycles. The van der Waals surface area contributed by atoms with E-state index in [4.69, 9.17) is 27.9 Å². The number of rotatable bonds is 11. The van der Waals surface area contributed by atoms with Crippen LogP contribution in [0.1, 0.15) is 36.9 Å². The molecule has 2 amide bonds. The molecule has 1 atom stereocenters. The molecule has 0 bridgehead atoms. The Morgan fingerprint density at radius 3 is 2.29 bits per heavy atom. The van der Waals surface area contributed by atoms with E-state index >= 15 is 0 Å².